The summed E-state index contributed by atoms with van der Waals surface area (Å²) in [7, 11) is -3.75. The normalized spacial score (nSPS) is 17.0. The molecule has 1 heterocycles. The summed E-state index contributed by atoms with van der Waals surface area (Å²) in [4.78, 5) is 1.96. The molecule has 0 bridgehead atoms. The molecular weight excluding hydrogens is 297 g/mol. The Morgan fingerprint density at radius 1 is 1.38 bits per heavy atom. The first-order valence-electron chi connectivity index (χ1n) is 6.75. The summed E-state index contributed by atoms with van der Waals surface area (Å²) in [5, 5.41) is 0. The molecule has 21 heavy (non-hydrogen) atoms. The largest absolute Gasteiger partial charge is 0.398 e. The number of ether oxygens (including phenoxy) is 1. The number of rotatable bonds is 5. The van der Waals surface area contributed by atoms with Crippen LogP contribution in [0, 0.1) is 12.7 Å². The first-order valence-corrected chi connectivity index (χ1v) is 8.24. The second kappa shape index (κ2) is 6.69. The zero-order valence-corrected chi connectivity index (χ0v) is 12.7. The first kappa shape index (κ1) is 16.2. The third kappa shape index (κ3) is 4.13. The zero-order chi connectivity index (χ0) is 15.5. The van der Waals surface area contributed by atoms with Gasteiger partial charge in [-0.15, -0.1) is 0 Å². The molecule has 0 unspecified atom stereocenters. The van der Waals surface area contributed by atoms with Crippen LogP contribution in [0.25, 0.3) is 0 Å². The van der Waals surface area contributed by atoms with Crippen molar-refractivity contribution in [2.24, 2.45) is 0 Å². The van der Waals surface area contributed by atoms with Gasteiger partial charge in [0.1, 0.15) is 5.82 Å². The lowest BCUT2D eigenvalue weighted by Crippen LogP contribution is -2.41. The van der Waals surface area contributed by atoms with E-state index in [2.05, 4.69) is 9.62 Å². The monoisotopic (exact) mass is 317 g/mol. The minimum Gasteiger partial charge on any atom is -0.398 e. The van der Waals surface area contributed by atoms with Crippen LogP contribution in [0.4, 0.5) is 10.1 Å². The van der Waals surface area contributed by atoms with Crippen LogP contribution in [0.15, 0.2) is 17.0 Å². The van der Waals surface area contributed by atoms with E-state index in [4.69, 9.17) is 10.5 Å². The van der Waals surface area contributed by atoms with Gasteiger partial charge in [-0.05, 0) is 19.1 Å². The van der Waals surface area contributed by atoms with E-state index < -0.39 is 15.8 Å². The lowest BCUT2D eigenvalue weighted by Gasteiger charge is -2.26. The summed E-state index contributed by atoms with van der Waals surface area (Å²) in [6.45, 7) is 5.25. The number of morpholine rings is 1. The molecule has 8 heteroatoms. The molecule has 3 N–H and O–H groups in total. The molecule has 0 aromatic heterocycles. The van der Waals surface area contributed by atoms with E-state index in [0.29, 0.717) is 19.8 Å². The summed E-state index contributed by atoms with van der Waals surface area (Å²) < 4.78 is 45.5. The predicted octanol–water partition coefficient (Wildman–Crippen LogP) is 0.327. The highest BCUT2D eigenvalue weighted by Gasteiger charge is 2.18. The SMILES string of the molecule is Cc1c(N)cc(S(=O)(=O)NCCN2CCOCC2)cc1F. The van der Waals surface area contributed by atoms with Gasteiger partial charge in [-0.1, -0.05) is 0 Å². The molecule has 1 aliphatic heterocycles. The summed E-state index contributed by atoms with van der Waals surface area (Å²) in [5.74, 6) is -0.622. The Morgan fingerprint density at radius 2 is 2.05 bits per heavy atom. The Labute approximate surface area is 124 Å². The van der Waals surface area contributed by atoms with E-state index >= 15 is 0 Å². The van der Waals surface area contributed by atoms with Crippen LogP contribution in [-0.4, -0.2) is 52.7 Å². The van der Waals surface area contributed by atoms with Gasteiger partial charge >= 0.3 is 0 Å². The van der Waals surface area contributed by atoms with Gasteiger partial charge < -0.3 is 10.5 Å². The number of nitrogen functional groups attached to an aromatic ring is 1. The summed E-state index contributed by atoms with van der Waals surface area (Å²) >= 11 is 0. The highest BCUT2D eigenvalue weighted by molar-refractivity contribution is 7.89. The summed E-state index contributed by atoms with van der Waals surface area (Å²) in [6.07, 6.45) is 0. The fraction of sp³-hybridized carbons (Fsp3) is 0.538. The minimum absolute atomic E-state index is 0.128. The van der Waals surface area contributed by atoms with Crippen molar-refractivity contribution in [1.29, 1.82) is 0 Å². The van der Waals surface area contributed by atoms with Gasteiger partial charge in [0.05, 0.1) is 18.1 Å². The van der Waals surface area contributed by atoms with Crippen molar-refractivity contribution in [3.05, 3.63) is 23.5 Å². The Bertz CT molecular complexity index is 578. The average molecular weight is 317 g/mol. The number of hydrogen-bond acceptors (Lipinski definition) is 5. The van der Waals surface area contributed by atoms with Crippen molar-refractivity contribution in [3.8, 4) is 0 Å². The van der Waals surface area contributed by atoms with Crippen LogP contribution in [0.2, 0.25) is 0 Å². The maximum absolute atomic E-state index is 13.6. The molecule has 1 aromatic carbocycles. The maximum Gasteiger partial charge on any atom is 0.240 e. The van der Waals surface area contributed by atoms with E-state index in [1.807, 2.05) is 0 Å². The molecule has 118 valence electrons. The zero-order valence-electron chi connectivity index (χ0n) is 11.9. The quantitative estimate of drug-likeness (QED) is 0.765. The van der Waals surface area contributed by atoms with Crippen molar-refractivity contribution in [2.75, 3.05) is 45.1 Å². The molecule has 0 spiro atoms. The van der Waals surface area contributed by atoms with E-state index in [1.54, 1.807) is 0 Å². The number of halogens is 1. The third-order valence-corrected chi connectivity index (χ3v) is 4.93. The number of anilines is 1. The van der Waals surface area contributed by atoms with Crippen LogP contribution in [0.3, 0.4) is 0 Å². The van der Waals surface area contributed by atoms with Crippen LogP contribution in [0.5, 0.6) is 0 Å². The molecule has 1 aliphatic rings. The lowest BCUT2D eigenvalue weighted by molar-refractivity contribution is 0.0390. The lowest BCUT2D eigenvalue weighted by atomic mass is 10.2. The molecule has 1 fully saturated rings. The van der Waals surface area contributed by atoms with Gasteiger partial charge in [-0.3, -0.25) is 4.90 Å². The maximum atomic E-state index is 13.6. The highest BCUT2D eigenvalue weighted by atomic mass is 32.2. The molecule has 0 atom stereocenters. The first-order chi connectivity index (χ1) is 9.90. The van der Waals surface area contributed by atoms with Crippen molar-refractivity contribution >= 4 is 15.7 Å². The highest BCUT2D eigenvalue weighted by Crippen LogP contribution is 2.20. The minimum atomic E-state index is -3.75. The molecule has 2 rings (SSSR count). The molecule has 0 saturated carbocycles. The van der Waals surface area contributed by atoms with Gasteiger partial charge in [0, 0.05) is 37.4 Å². The van der Waals surface area contributed by atoms with Crippen molar-refractivity contribution in [2.45, 2.75) is 11.8 Å². The number of nitrogens with two attached hydrogens (primary N) is 1. The Morgan fingerprint density at radius 3 is 2.67 bits per heavy atom. The molecule has 6 nitrogen and oxygen atoms in total. The molecule has 0 radical (unpaired) electrons. The number of hydrogen-bond donors (Lipinski definition) is 2. The van der Waals surface area contributed by atoms with Crippen molar-refractivity contribution < 1.29 is 17.5 Å². The Hall–Kier alpha value is -1.22. The van der Waals surface area contributed by atoms with Crippen LogP contribution in [0.1, 0.15) is 5.56 Å². The van der Waals surface area contributed by atoms with Crippen LogP contribution < -0.4 is 10.5 Å². The number of sulfonamides is 1. The molecule has 1 saturated heterocycles. The van der Waals surface area contributed by atoms with E-state index in [-0.39, 0.29) is 22.7 Å². The summed E-state index contributed by atoms with van der Waals surface area (Å²) in [5.41, 5.74) is 5.99. The standard InChI is InChI=1S/C13H20FN3O3S/c1-10-12(14)8-11(9-13(10)15)21(18,19)16-2-3-17-4-6-20-7-5-17/h8-9,16H,2-7,15H2,1H3. The van der Waals surface area contributed by atoms with Crippen LogP contribution in [-0.2, 0) is 14.8 Å². The molecule has 0 amide bonds. The van der Waals surface area contributed by atoms with Gasteiger partial charge in [-0.2, -0.15) is 0 Å². The Balaban J connectivity index is 1.98. The number of nitrogens with zero attached hydrogens (tertiary/aromatic N) is 1. The third-order valence-electron chi connectivity index (χ3n) is 3.49. The smallest absolute Gasteiger partial charge is 0.240 e. The Kier molecular flexibility index (Phi) is 5.15. The predicted molar refractivity (Wildman–Crippen MR) is 78.0 cm³/mol. The summed E-state index contributed by atoms with van der Waals surface area (Å²) in [6, 6.07) is 2.26. The van der Waals surface area contributed by atoms with E-state index in [1.165, 1.54) is 13.0 Å². The van der Waals surface area contributed by atoms with Gasteiger partial charge in [0.2, 0.25) is 10.0 Å². The van der Waals surface area contributed by atoms with Gasteiger partial charge in [0.15, 0.2) is 0 Å². The van der Waals surface area contributed by atoms with Crippen molar-refractivity contribution in [1.82, 2.24) is 9.62 Å². The van der Waals surface area contributed by atoms with Gasteiger partial charge in [0.25, 0.3) is 0 Å². The fourth-order valence-electron chi connectivity index (χ4n) is 2.08. The topological polar surface area (TPSA) is 84.7 Å². The van der Waals surface area contributed by atoms with E-state index in [0.717, 1.165) is 19.2 Å². The number of nitrogens with one attached hydrogen (secondary N) is 1. The second-order valence-electron chi connectivity index (χ2n) is 4.97. The number of benzene rings is 1. The molecule has 1 aromatic rings. The fourth-order valence-corrected chi connectivity index (χ4v) is 3.14. The second-order valence-corrected chi connectivity index (χ2v) is 6.74. The van der Waals surface area contributed by atoms with Crippen molar-refractivity contribution in [3.63, 3.8) is 0 Å². The van der Waals surface area contributed by atoms with E-state index in [9.17, 15) is 12.8 Å². The molecular formula is C13H20FN3O3S. The average Bonchev–Trinajstić information content (AvgIpc) is 2.45. The van der Waals surface area contributed by atoms with Crippen LogP contribution >= 0.6 is 0 Å². The van der Waals surface area contributed by atoms with Gasteiger partial charge in [-0.25, -0.2) is 17.5 Å². The molecule has 0 aliphatic carbocycles.